The van der Waals surface area contributed by atoms with Crippen LogP contribution in [0.2, 0.25) is 0 Å². The van der Waals surface area contributed by atoms with Crippen LogP contribution < -0.4 is 34.9 Å². The molecule has 2 N–H and O–H groups in total. The molecule has 0 aromatic rings. The summed E-state index contributed by atoms with van der Waals surface area (Å²) in [5, 5.41) is 11.3. The van der Waals surface area contributed by atoms with Gasteiger partial charge in [0, 0.05) is 0 Å². The fraction of sp³-hybridized carbons (Fsp3) is 0.833. The summed E-state index contributed by atoms with van der Waals surface area (Å²) in [6, 6.07) is -0.382. The van der Waals surface area contributed by atoms with E-state index in [-0.39, 0.29) is 37.0 Å². The summed E-state index contributed by atoms with van der Waals surface area (Å²) in [7, 11) is 1.67. The van der Waals surface area contributed by atoms with Crippen molar-refractivity contribution in [1.82, 2.24) is 5.32 Å². The van der Waals surface area contributed by atoms with Gasteiger partial charge in [0.15, 0.2) is 0 Å². The van der Waals surface area contributed by atoms with Crippen LogP contribution in [0.4, 0.5) is 0 Å². The van der Waals surface area contributed by atoms with Crippen LogP contribution in [0.1, 0.15) is 7.85 Å². The number of thioether (sulfide) groups is 1. The zero-order chi connectivity index (χ0) is 7.98. The van der Waals surface area contributed by atoms with Gasteiger partial charge < -0.3 is 11.8 Å². The predicted molar refractivity (Wildman–Crippen MR) is 44.6 cm³/mol. The fourth-order valence-electron chi connectivity index (χ4n) is 0.627. The van der Waals surface area contributed by atoms with Crippen molar-refractivity contribution in [3.8, 4) is 0 Å². The zero-order valence-electron chi connectivity index (χ0n) is 8.26. The minimum absolute atomic E-state index is 0. The summed E-state index contributed by atoms with van der Waals surface area (Å²) < 4.78 is 0. The summed E-state index contributed by atoms with van der Waals surface area (Å²) >= 11 is 1.66. The van der Waals surface area contributed by atoms with Crippen molar-refractivity contribution in [3.63, 3.8) is 0 Å². The van der Waals surface area contributed by atoms with E-state index < -0.39 is 5.97 Å². The first-order valence-corrected chi connectivity index (χ1v) is 4.50. The second-order valence-electron chi connectivity index (χ2n) is 1.96. The molecule has 0 fully saturated rings. The molecule has 0 aromatic carbocycles. The third-order valence-corrected chi connectivity index (χ3v) is 1.90. The molecule has 0 spiro atoms. The van der Waals surface area contributed by atoms with Crippen molar-refractivity contribution < 1.29 is 40.9 Å². The molecule has 0 rings (SSSR count). The van der Waals surface area contributed by atoms with Crippen LogP contribution in [0, 0.1) is 0 Å². The standard InChI is InChI=1S/C6H13NO2S.Na.H/c1-7-5(6(8)9)3-4-10-2;;/h5,7H,3-4H2,1-2H3,(H,8,9);;/q;+1;-1. The maximum absolute atomic E-state index is 10.4. The molecule has 0 bridgehead atoms. The number of aliphatic carboxylic acids is 1. The molecule has 0 radical (unpaired) electrons. The Balaban J connectivity index is -0.000000405. The molecule has 5 heteroatoms. The van der Waals surface area contributed by atoms with Gasteiger partial charge in [-0.1, -0.05) is 0 Å². The van der Waals surface area contributed by atoms with Gasteiger partial charge in [0.1, 0.15) is 6.04 Å². The summed E-state index contributed by atoms with van der Waals surface area (Å²) in [5.74, 6) is 0.120. The van der Waals surface area contributed by atoms with Crippen LogP contribution in [-0.4, -0.2) is 36.2 Å². The van der Waals surface area contributed by atoms with Gasteiger partial charge >= 0.3 is 35.5 Å². The Kier molecular flexibility index (Phi) is 11.5. The van der Waals surface area contributed by atoms with Crippen LogP contribution in [0.3, 0.4) is 0 Å². The zero-order valence-corrected chi connectivity index (χ0v) is 10.1. The van der Waals surface area contributed by atoms with Gasteiger partial charge in [-0.05, 0) is 25.5 Å². The number of carbonyl (C=O) groups is 1. The van der Waals surface area contributed by atoms with Gasteiger partial charge in [0.05, 0.1) is 0 Å². The molecular weight excluding hydrogens is 173 g/mol. The van der Waals surface area contributed by atoms with Crippen molar-refractivity contribution in [2.75, 3.05) is 19.1 Å². The Morgan fingerprint density at radius 1 is 1.82 bits per heavy atom. The molecule has 0 aliphatic carbocycles. The molecule has 0 saturated heterocycles. The molecule has 1 unspecified atom stereocenters. The van der Waals surface area contributed by atoms with Gasteiger partial charge in [0.25, 0.3) is 0 Å². The van der Waals surface area contributed by atoms with Crippen LogP contribution in [0.5, 0.6) is 0 Å². The summed E-state index contributed by atoms with van der Waals surface area (Å²) in [5.41, 5.74) is 0. The third kappa shape index (κ3) is 7.15. The summed E-state index contributed by atoms with van der Waals surface area (Å²) in [6.07, 6.45) is 2.65. The van der Waals surface area contributed by atoms with E-state index in [9.17, 15) is 4.79 Å². The maximum atomic E-state index is 10.4. The Bertz CT molecular complexity index is 118. The molecular formula is C6H14NNaO2S. The van der Waals surface area contributed by atoms with Gasteiger partial charge in [-0.3, -0.25) is 4.79 Å². The Labute approximate surface area is 95.1 Å². The van der Waals surface area contributed by atoms with E-state index in [0.29, 0.717) is 6.42 Å². The van der Waals surface area contributed by atoms with E-state index in [4.69, 9.17) is 5.11 Å². The Morgan fingerprint density at radius 2 is 2.36 bits per heavy atom. The monoisotopic (exact) mass is 187 g/mol. The predicted octanol–water partition coefficient (Wildman–Crippen LogP) is -2.47. The van der Waals surface area contributed by atoms with Crippen molar-refractivity contribution >= 4 is 17.7 Å². The van der Waals surface area contributed by atoms with Crippen LogP contribution in [0.25, 0.3) is 0 Å². The number of rotatable bonds is 5. The normalized spacial score (nSPS) is 11.8. The van der Waals surface area contributed by atoms with Gasteiger partial charge in [-0.15, -0.1) is 0 Å². The molecule has 0 amide bonds. The summed E-state index contributed by atoms with van der Waals surface area (Å²) in [4.78, 5) is 10.4. The second-order valence-corrected chi connectivity index (χ2v) is 2.95. The topological polar surface area (TPSA) is 49.3 Å². The van der Waals surface area contributed by atoms with Crippen LogP contribution in [0.15, 0.2) is 0 Å². The van der Waals surface area contributed by atoms with E-state index in [2.05, 4.69) is 5.32 Å². The Morgan fingerprint density at radius 3 is 2.64 bits per heavy atom. The first kappa shape index (κ1) is 14.3. The molecule has 62 valence electrons. The molecule has 11 heavy (non-hydrogen) atoms. The quantitative estimate of drug-likeness (QED) is 0.468. The number of likely N-dealkylation sites (N-methyl/N-ethyl adjacent to an activating group) is 1. The number of hydrogen-bond donors (Lipinski definition) is 2. The van der Waals surface area contributed by atoms with Crippen molar-refractivity contribution in [2.45, 2.75) is 12.5 Å². The van der Waals surface area contributed by atoms with Crippen LogP contribution >= 0.6 is 11.8 Å². The first-order valence-electron chi connectivity index (χ1n) is 3.11. The van der Waals surface area contributed by atoms with Crippen molar-refractivity contribution in [1.29, 1.82) is 0 Å². The van der Waals surface area contributed by atoms with E-state index in [1.165, 1.54) is 0 Å². The molecule has 0 heterocycles. The number of nitrogens with one attached hydrogen (secondary N) is 1. The molecule has 0 aliphatic rings. The van der Waals surface area contributed by atoms with Gasteiger partial charge in [0.2, 0.25) is 0 Å². The molecule has 1 atom stereocenters. The van der Waals surface area contributed by atoms with Crippen LogP contribution in [-0.2, 0) is 4.79 Å². The summed E-state index contributed by atoms with van der Waals surface area (Å²) in [6.45, 7) is 0. The maximum Gasteiger partial charge on any atom is 1.00 e. The number of hydrogen-bond acceptors (Lipinski definition) is 3. The van der Waals surface area contributed by atoms with Crippen molar-refractivity contribution in [2.24, 2.45) is 0 Å². The minimum atomic E-state index is -0.767. The Hall–Kier alpha value is 0.780. The second kappa shape index (κ2) is 8.87. The molecule has 0 saturated carbocycles. The first-order chi connectivity index (χ1) is 4.72. The van der Waals surface area contributed by atoms with E-state index >= 15 is 0 Å². The average Bonchev–Trinajstić information content (AvgIpc) is 1.89. The van der Waals surface area contributed by atoms with E-state index in [1.54, 1.807) is 18.8 Å². The SMILES string of the molecule is CNC(CCSC)C(=O)O.[H-].[Na+]. The molecule has 0 aliphatic heterocycles. The average molecular weight is 187 g/mol. The third-order valence-electron chi connectivity index (χ3n) is 1.26. The van der Waals surface area contributed by atoms with E-state index in [1.807, 2.05) is 6.26 Å². The molecule has 0 aromatic heterocycles. The minimum Gasteiger partial charge on any atom is -1.00 e. The van der Waals surface area contributed by atoms with Gasteiger partial charge in [-0.25, -0.2) is 0 Å². The number of carboxylic acids is 1. The smallest absolute Gasteiger partial charge is 1.00 e. The number of carboxylic acid groups (broad SMARTS) is 1. The van der Waals surface area contributed by atoms with Gasteiger partial charge in [-0.2, -0.15) is 11.8 Å². The fourth-order valence-corrected chi connectivity index (χ4v) is 1.10. The van der Waals surface area contributed by atoms with E-state index in [0.717, 1.165) is 5.75 Å². The molecule has 3 nitrogen and oxygen atoms in total. The van der Waals surface area contributed by atoms with Crippen molar-refractivity contribution in [3.05, 3.63) is 0 Å². The largest absolute Gasteiger partial charge is 1.00 e.